The minimum absolute atomic E-state index is 0.0867. The van der Waals surface area contributed by atoms with Crippen molar-refractivity contribution >= 4 is 29.8 Å². The third-order valence-corrected chi connectivity index (χ3v) is 3.91. The SMILES string of the molecule is COC(=O)/C=C/C(=O)OCC(CCN1CCOC(=O)C1)COC(=O)/C=C/C(=O)OC. The summed E-state index contributed by atoms with van der Waals surface area (Å²) >= 11 is 0. The maximum absolute atomic E-state index is 11.7. The van der Waals surface area contributed by atoms with Crippen molar-refractivity contribution in [1.29, 1.82) is 0 Å². The molecule has 0 spiro atoms. The Balaban J connectivity index is 2.57. The monoisotopic (exact) mass is 427 g/mol. The second kappa shape index (κ2) is 13.9. The Kier molecular flexibility index (Phi) is 11.5. The van der Waals surface area contributed by atoms with Gasteiger partial charge in [0.05, 0.1) is 34.0 Å². The highest BCUT2D eigenvalue weighted by Crippen LogP contribution is 2.09. The van der Waals surface area contributed by atoms with E-state index in [1.165, 1.54) is 14.2 Å². The number of rotatable bonds is 11. The van der Waals surface area contributed by atoms with Gasteiger partial charge in [-0.3, -0.25) is 9.69 Å². The molecule has 0 aromatic carbocycles. The summed E-state index contributed by atoms with van der Waals surface area (Å²) < 4.78 is 23.8. The molecule has 0 aromatic rings. The molecule has 1 fully saturated rings. The molecule has 1 aliphatic heterocycles. The smallest absolute Gasteiger partial charge is 0.331 e. The van der Waals surface area contributed by atoms with Crippen LogP contribution in [0, 0.1) is 5.92 Å². The normalized spacial score (nSPS) is 14.6. The van der Waals surface area contributed by atoms with E-state index in [-0.39, 0.29) is 31.6 Å². The first-order valence-electron chi connectivity index (χ1n) is 9.07. The lowest BCUT2D eigenvalue weighted by atomic mass is 10.1. The molecular formula is C19H25NO10. The van der Waals surface area contributed by atoms with E-state index in [1.807, 2.05) is 4.90 Å². The number of methoxy groups -OCH3 is 2. The van der Waals surface area contributed by atoms with E-state index in [0.29, 0.717) is 26.1 Å². The highest BCUT2D eigenvalue weighted by atomic mass is 16.6. The predicted molar refractivity (Wildman–Crippen MR) is 99.7 cm³/mol. The number of morpholine rings is 1. The number of ether oxygens (including phenoxy) is 5. The van der Waals surface area contributed by atoms with Crippen molar-refractivity contribution in [2.75, 3.05) is 53.7 Å². The molecule has 0 bridgehead atoms. The van der Waals surface area contributed by atoms with Gasteiger partial charge in [-0.15, -0.1) is 0 Å². The number of cyclic esters (lactones) is 1. The summed E-state index contributed by atoms with van der Waals surface area (Å²) in [6, 6.07) is 0. The van der Waals surface area contributed by atoms with Crippen LogP contribution in [0.15, 0.2) is 24.3 Å². The molecule has 11 nitrogen and oxygen atoms in total. The van der Waals surface area contributed by atoms with Crippen molar-refractivity contribution in [3.63, 3.8) is 0 Å². The third kappa shape index (κ3) is 11.0. The van der Waals surface area contributed by atoms with E-state index < -0.39 is 23.9 Å². The average Bonchev–Trinajstić information content (AvgIpc) is 2.74. The van der Waals surface area contributed by atoms with Gasteiger partial charge in [-0.1, -0.05) is 0 Å². The Morgan fingerprint density at radius 2 is 1.43 bits per heavy atom. The van der Waals surface area contributed by atoms with Crippen molar-refractivity contribution in [2.24, 2.45) is 5.92 Å². The van der Waals surface area contributed by atoms with Crippen LogP contribution in [-0.2, 0) is 47.7 Å². The second-order valence-electron chi connectivity index (χ2n) is 6.12. The molecule has 0 N–H and O–H groups in total. The van der Waals surface area contributed by atoms with E-state index in [1.54, 1.807) is 0 Å². The number of hydrogen-bond donors (Lipinski definition) is 0. The van der Waals surface area contributed by atoms with Gasteiger partial charge in [-0.25, -0.2) is 19.2 Å². The number of hydrogen-bond acceptors (Lipinski definition) is 11. The van der Waals surface area contributed by atoms with Crippen LogP contribution in [0.2, 0.25) is 0 Å². The summed E-state index contributed by atoms with van der Waals surface area (Å²) in [5, 5.41) is 0. The van der Waals surface area contributed by atoms with Gasteiger partial charge < -0.3 is 23.7 Å². The van der Waals surface area contributed by atoms with Gasteiger partial charge in [0.1, 0.15) is 6.61 Å². The Bertz CT molecular complexity index is 643. The molecule has 0 atom stereocenters. The lowest BCUT2D eigenvalue weighted by Gasteiger charge is -2.27. The summed E-state index contributed by atoms with van der Waals surface area (Å²) in [6.07, 6.45) is 4.15. The maximum atomic E-state index is 11.7. The molecule has 0 saturated carbocycles. The van der Waals surface area contributed by atoms with Crippen LogP contribution in [0.5, 0.6) is 0 Å². The summed E-state index contributed by atoms with van der Waals surface area (Å²) in [7, 11) is 2.35. The molecule has 0 unspecified atom stereocenters. The van der Waals surface area contributed by atoms with Crippen molar-refractivity contribution in [3.05, 3.63) is 24.3 Å². The van der Waals surface area contributed by atoms with Crippen molar-refractivity contribution in [1.82, 2.24) is 4.90 Å². The summed E-state index contributed by atoms with van der Waals surface area (Å²) in [5.74, 6) is -3.63. The minimum atomic E-state index is -0.760. The van der Waals surface area contributed by atoms with E-state index >= 15 is 0 Å². The van der Waals surface area contributed by atoms with E-state index in [9.17, 15) is 24.0 Å². The highest BCUT2D eigenvalue weighted by Gasteiger charge is 2.20. The lowest BCUT2D eigenvalue weighted by Crippen LogP contribution is -2.41. The Morgan fingerprint density at radius 3 is 1.90 bits per heavy atom. The van der Waals surface area contributed by atoms with Crippen LogP contribution in [0.25, 0.3) is 0 Å². The second-order valence-corrected chi connectivity index (χ2v) is 6.12. The summed E-state index contributed by atoms with van der Waals surface area (Å²) in [5.41, 5.74) is 0. The zero-order valence-corrected chi connectivity index (χ0v) is 16.9. The molecule has 0 amide bonds. The fourth-order valence-corrected chi connectivity index (χ4v) is 2.27. The minimum Gasteiger partial charge on any atom is -0.466 e. The number of carbonyl (C=O) groups excluding carboxylic acids is 5. The molecular weight excluding hydrogens is 402 g/mol. The molecule has 0 aromatic heterocycles. The van der Waals surface area contributed by atoms with Crippen LogP contribution >= 0.6 is 0 Å². The molecule has 1 saturated heterocycles. The van der Waals surface area contributed by atoms with Gasteiger partial charge in [-0.05, 0) is 13.0 Å². The van der Waals surface area contributed by atoms with Crippen LogP contribution in [0.4, 0.5) is 0 Å². The Labute approximate surface area is 173 Å². The first kappa shape index (κ1) is 24.8. The largest absolute Gasteiger partial charge is 0.466 e. The standard InChI is InChI=1S/C19H25NO10/c1-26-15(21)3-5-17(23)29-12-14(7-8-20-9-10-28-19(25)11-20)13-30-18(24)6-4-16(22)27-2/h3-6,14H,7-13H2,1-2H3/b5-3+,6-4+. The van der Waals surface area contributed by atoms with Crippen molar-refractivity contribution in [2.45, 2.75) is 6.42 Å². The summed E-state index contributed by atoms with van der Waals surface area (Å²) in [4.78, 5) is 58.7. The first-order valence-corrected chi connectivity index (χ1v) is 9.07. The molecule has 30 heavy (non-hydrogen) atoms. The van der Waals surface area contributed by atoms with Gasteiger partial charge in [0, 0.05) is 36.8 Å². The average molecular weight is 427 g/mol. The fraction of sp³-hybridized carbons (Fsp3) is 0.526. The van der Waals surface area contributed by atoms with Gasteiger partial charge in [0.15, 0.2) is 0 Å². The Hall–Kier alpha value is -3.21. The van der Waals surface area contributed by atoms with Crippen LogP contribution in [0.1, 0.15) is 6.42 Å². The zero-order valence-electron chi connectivity index (χ0n) is 16.9. The zero-order chi connectivity index (χ0) is 22.4. The fourth-order valence-electron chi connectivity index (χ4n) is 2.27. The molecule has 0 aliphatic carbocycles. The van der Waals surface area contributed by atoms with Crippen LogP contribution in [-0.4, -0.2) is 88.4 Å². The van der Waals surface area contributed by atoms with Gasteiger partial charge >= 0.3 is 29.8 Å². The topological polar surface area (TPSA) is 135 Å². The van der Waals surface area contributed by atoms with Crippen molar-refractivity contribution in [3.8, 4) is 0 Å². The van der Waals surface area contributed by atoms with Crippen LogP contribution < -0.4 is 0 Å². The Morgan fingerprint density at radius 1 is 0.933 bits per heavy atom. The number of nitrogens with zero attached hydrogens (tertiary/aromatic N) is 1. The number of carbonyl (C=O) groups is 5. The lowest BCUT2D eigenvalue weighted by molar-refractivity contribution is -0.150. The van der Waals surface area contributed by atoms with Gasteiger partial charge in [0.2, 0.25) is 0 Å². The predicted octanol–water partition coefficient (Wildman–Crippen LogP) is -0.604. The quantitative estimate of drug-likeness (QED) is 0.237. The van der Waals surface area contributed by atoms with E-state index in [0.717, 1.165) is 24.3 Å². The molecule has 1 heterocycles. The van der Waals surface area contributed by atoms with E-state index in [4.69, 9.17) is 14.2 Å². The number of esters is 5. The van der Waals surface area contributed by atoms with Crippen LogP contribution in [0.3, 0.4) is 0 Å². The summed E-state index contributed by atoms with van der Waals surface area (Å²) in [6.45, 7) is 1.33. The third-order valence-electron chi connectivity index (χ3n) is 3.91. The van der Waals surface area contributed by atoms with E-state index in [2.05, 4.69) is 9.47 Å². The van der Waals surface area contributed by atoms with Gasteiger partial charge in [0.25, 0.3) is 0 Å². The highest BCUT2D eigenvalue weighted by molar-refractivity contribution is 5.92. The maximum Gasteiger partial charge on any atom is 0.331 e. The molecule has 166 valence electrons. The molecule has 1 rings (SSSR count). The van der Waals surface area contributed by atoms with Gasteiger partial charge in [-0.2, -0.15) is 0 Å². The molecule has 1 aliphatic rings. The molecule has 11 heteroatoms. The van der Waals surface area contributed by atoms with Crippen molar-refractivity contribution < 1.29 is 47.7 Å². The molecule has 0 radical (unpaired) electrons. The first-order chi connectivity index (χ1) is 14.3.